The van der Waals surface area contributed by atoms with Crippen LogP contribution >= 0.6 is 31.9 Å². The Hall–Kier alpha value is -0.870. The minimum absolute atomic E-state index is 0.0721. The summed E-state index contributed by atoms with van der Waals surface area (Å²) in [6.45, 7) is 0. The van der Waals surface area contributed by atoms with Crippen LogP contribution < -0.4 is 4.74 Å². The molecule has 0 aromatic heterocycles. The molecule has 19 heavy (non-hydrogen) atoms. The molecule has 0 radical (unpaired) electrons. The van der Waals surface area contributed by atoms with E-state index in [1.165, 1.54) is 6.07 Å². The second-order valence-corrected chi connectivity index (χ2v) is 6.21. The maximum Gasteiger partial charge on any atom is 0.127 e. The second-order valence-electron chi connectivity index (χ2n) is 4.19. The maximum absolute atomic E-state index is 13.8. The number of alkyl halides is 1. The topological polar surface area (TPSA) is 9.23 Å². The van der Waals surface area contributed by atoms with Crippen LogP contribution in [0.2, 0.25) is 0 Å². The minimum Gasteiger partial charge on any atom is -0.497 e. The lowest BCUT2D eigenvalue weighted by Gasteiger charge is -2.12. The fraction of sp³-hybridized carbons (Fsp3) is 0.200. The summed E-state index contributed by atoms with van der Waals surface area (Å²) in [6.07, 6.45) is 0.699. The number of benzene rings is 2. The number of rotatable bonds is 4. The Morgan fingerprint density at radius 3 is 2.74 bits per heavy atom. The molecular weight excluding hydrogens is 375 g/mol. The van der Waals surface area contributed by atoms with Crippen molar-refractivity contribution in [1.82, 2.24) is 0 Å². The first-order valence-electron chi connectivity index (χ1n) is 5.82. The first-order valence-corrected chi connectivity index (χ1v) is 7.53. The molecule has 0 bridgehead atoms. The molecule has 0 amide bonds. The molecule has 4 heteroatoms. The number of methoxy groups -OCH3 is 1. The molecule has 1 atom stereocenters. The summed E-state index contributed by atoms with van der Waals surface area (Å²) >= 11 is 6.92. The van der Waals surface area contributed by atoms with E-state index in [0.717, 1.165) is 15.8 Å². The molecule has 0 spiro atoms. The molecule has 1 unspecified atom stereocenters. The summed E-state index contributed by atoms with van der Waals surface area (Å²) in [5.74, 6) is 0.611. The highest BCUT2D eigenvalue weighted by molar-refractivity contribution is 9.10. The van der Waals surface area contributed by atoms with Crippen LogP contribution in [0.3, 0.4) is 0 Å². The molecule has 2 aromatic rings. The van der Waals surface area contributed by atoms with Gasteiger partial charge in [0.25, 0.3) is 0 Å². The molecule has 0 N–H and O–H groups in total. The van der Waals surface area contributed by atoms with Crippen molar-refractivity contribution in [3.63, 3.8) is 0 Å². The zero-order valence-electron chi connectivity index (χ0n) is 10.4. The van der Waals surface area contributed by atoms with Gasteiger partial charge in [-0.15, -0.1) is 0 Å². The molecule has 0 aliphatic rings. The van der Waals surface area contributed by atoms with Gasteiger partial charge in [0, 0.05) is 14.9 Å². The van der Waals surface area contributed by atoms with Crippen molar-refractivity contribution in [3.05, 3.63) is 63.9 Å². The summed E-state index contributed by atoms with van der Waals surface area (Å²) in [6, 6.07) is 12.8. The smallest absolute Gasteiger partial charge is 0.127 e. The highest BCUT2D eigenvalue weighted by Gasteiger charge is 2.14. The van der Waals surface area contributed by atoms with E-state index in [1.54, 1.807) is 19.2 Å². The van der Waals surface area contributed by atoms with E-state index >= 15 is 0 Å². The van der Waals surface area contributed by atoms with Crippen LogP contribution in [0.25, 0.3) is 0 Å². The predicted octanol–water partition coefficient (Wildman–Crippen LogP) is 5.28. The monoisotopic (exact) mass is 386 g/mol. The van der Waals surface area contributed by atoms with Crippen molar-refractivity contribution in [2.24, 2.45) is 0 Å². The Balaban J connectivity index is 2.20. The normalized spacial score (nSPS) is 12.2. The molecule has 0 aliphatic heterocycles. The standard InChI is InChI=1S/C15H13Br2FO/c1-19-12-4-2-3-10(7-12)8-14(17)13-9-11(16)5-6-15(13)18/h2-7,9,14H,8H2,1H3. The van der Waals surface area contributed by atoms with Crippen LogP contribution in [-0.2, 0) is 6.42 Å². The quantitative estimate of drug-likeness (QED) is 0.649. The molecule has 1 nitrogen and oxygen atoms in total. The molecule has 0 fully saturated rings. The van der Waals surface area contributed by atoms with Crippen molar-refractivity contribution in [2.45, 2.75) is 11.2 Å². The Bertz CT molecular complexity index is 572. The van der Waals surface area contributed by atoms with Crippen molar-refractivity contribution in [2.75, 3.05) is 7.11 Å². The van der Waals surface area contributed by atoms with Crippen molar-refractivity contribution in [1.29, 1.82) is 0 Å². The fourth-order valence-electron chi connectivity index (χ4n) is 1.87. The lowest BCUT2D eigenvalue weighted by atomic mass is 10.0. The Kier molecular flexibility index (Phi) is 4.99. The summed E-state index contributed by atoms with van der Waals surface area (Å²) in [7, 11) is 1.64. The summed E-state index contributed by atoms with van der Waals surface area (Å²) in [5.41, 5.74) is 1.75. The van der Waals surface area contributed by atoms with Crippen molar-refractivity contribution < 1.29 is 9.13 Å². The Labute approximate surface area is 129 Å². The average Bonchev–Trinajstić information content (AvgIpc) is 2.41. The number of hydrogen-bond acceptors (Lipinski definition) is 1. The highest BCUT2D eigenvalue weighted by atomic mass is 79.9. The van der Waals surface area contributed by atoms with E-state index in [4.69, 9.17) is 4.74 Å². The van der Waals surface area contributed by atoms with Crippen LogP contribution in [0, 0.1) is 5.82 Å². The second kappa shape index (κ2) is 6.53. The molecule has 0 heterocycles. The van der Waals surface area contributed by atoms with Gasteiger partial charge in [0.05, 0.1) is 7.11 Å². The van der Waals surface area contributed by atoms with Gasteiger partial charge in [0.1, 0.15) is 11.6 Å². The van der Waals surface area contributed by atoms with E-state index in [1.807, 2.05) is 24.3 Å². The molecule has 0 aliphatic carbocycles. The Morgan fingerprint density at radius 1 is 1.21 bits per heavy atom. The molecule has 2 rings (SSSR count). The molecule has 2 aromatic carbocycles. The summed E-state index contributed by atoms with van der Waals surface area (Å²) in [4.78, 5) is -0.0721. The summed E-state index contributed by atoms with van der Waals surface area (Å²) < 4.78 is 19.9. The first kappa shape index (κ1) is 14.5. The van der Waals surface area contributed by atoms with Gasteiger partial charge < -0.3 is 4.74 Å². The molecule has 0 saturated heterocycles. The zero-order valence-corrected chi connectivity index (χ0v) is 13.5. The minimum atomic E-state index is -0.201. The van der Waals surface area contributed by atoms with Gasteiger partial charge in [-0.05, 0) is 42.3 Å². The molecular formula is C15H13Br2FO. The van der Waals surface area contributed by atoms with Gasteiger partial charge in [0.15, 0.2) is 0 Å². The third kappa shape index (κ3) is 3.80. The average molecular weight is 388 g/mol. The molecule has 100 valence electrons. The SMILES string of the molecule is COc1cccc(CC(Br)c2cc(Br)ccc2F)c1. The van der Waals surface area contributed by atoms with Crippen molar-refractivity contribution in [3.8, 4) is 5.75 Å². The van der Waals surface area contributed by atoms with Gasteiger partial charge >= 0.3 is 0 Å². The largest absolute Gasteiger partial charge is 0.497 e. The van der Waals surface area contributed by atoms with E-state index in [9.17, 15) is 4.39 Å². The third-order valence-corrected chi connectivity index (χ3v) is 4.15. The predicted molar refractivity (Wildman–Crippen MR) is 82.5 cm³/mol. The van der Waals surface area contributed by atoms with E-state index in [2.05, 4.69) is 31.9 Å². The number of ether oxygens (including phenoxy) is 1. The van der Waals surface area contributed by atoms with E-state index in [0.29, 0.717) is 12.0 Å². The molecule has 0 saturated carbocycles. The lowest BCUT2D eigenvalue weighted by Crippen LogP contribution is -1.99. The highest BCUT2D eigenvalue weighted by Crippen LogP contribution is 2.31. The summed E-state index contributed by atoms with van der Waals surface area (Å²) in [5, 5.41) is 0. The van der Waals surface area contributed by atoms with Gasteiger partial charge in [-0.25, -0.2) is 4.39 Å². The number of halogens is 3. The van der Waals surface area contributed by atoms with Gasteiger partial charge in [-0.3, -0.25) is 0 Å². The van der Waals surface area contributed by atoms with Gasteiger partial charge in [0.2, 0.25) is 0 Å². The third-order valence-electron chi connectivity index (χ3n) is 2.84. The van der Waals surface area contributed by atoms with E-state index in [-0.39, 0.29) is 10.6 Å². The van der Waals surface area contributed by atoms with Crippen LogP contribution in [-0.4, -0.2) is 7.11 Å². The van der Waals surface area contributed by atoms with Crippen molar-refractivity contribution >= 4 is 31.9 Å². The van der Waals surface area contributed by atoms with Gasteiger partial charge in [-0.1, -0.05) is 44.0 Å². The fourth-order valence-corrected chi connectivity index (χ4v) is 2.97. The van der Waals surface area contributed by atoms with Crippen LogP contribution in [0.5, 0.6) is 5.75 Å². The van der Waals surface area contributed by atoms with Crippen LogP contribution in [0.4, 0.5) is 4.39 Å². The lowest BCUT2D eigenvalue weighted by molar-refractivity contribution is 0.414. The number of hydrogen-bond donors (Lipinski definition) is 0. The van der Waals surface area contributed by atoms with Crippen LogP contribution in [0.1, 0.15) is 16.0 Å². The maximum atomic E-state index is 13.8. The van der Waals surface area contributed by atoms with Gasteiger partial charge in [-0.2, -0.15) is 0 Å². The van der Waals surface area contributed by atoms with E-state index < -0.39 is 0 Å². The first-order chi connectivity index (χ1) is 9.10. The Morgan fingerprint density at radius 2 is 2.00 bits per heavy atom. The van der Waals surface area contributed by atoms with Crippen LogP contribution in [0.15, 0.2) is 46.9 Å². The zero-order chi connectivity index (χ0) is 13.8.